The summed E-state index contributed by atoms with van der Waals surface area (Å²) in [5.41, 5.74) is 4.33. The zero-order chi connectivity index (χ0) is 20.5. The monoisotopic (exact) mass is 396 g/mol. The van der Waals surface area contributed by atoms with E-state index < -0.39 is 5.97 Å². The van der Waals surface area contributed by atoms with Crippen molar-refractivity contribution in [2.45, 2.75) is 38.9 Å². The molecule has 29 heavy (non-hydrogen) atoms. The van der Waals surface area contributed by atoms with Crippen molar-refractivity contribution in [1.82, 2.24) is 19.4 Å². The van der Waals surface area contributed by atoms with Crippen LogP contribution in [-0.4, -0.2) is 57.1 Å². The summed E-state index contributed by atoms with van der Waals surface area (Å²) >= 11 is 0. The summed E-state index contributed by atoms with van der Waals surface area (Å²) in [5, 5.41) is 9.11. The summed E-state index contributed by atoms with van der Waals surface area (Å²) in [5.74, 6) is -0.211. The SMILES string of the molecule is Cc1cnccc1CN(C)Cc1ccc2n(c1=O)C[C@H]1C[C@@H]2CN(CC(=O)O)C1. The standard InChI is InChI=1S/C22H28N4O3/c1-15-8-23-6-5-17(15)11-24(2)12-18-3-4-20-19-7-16(10-26(20)22(18)29)9-25(13-19)14-21(27)28/h3-6,8,16,19H,7,9-14H2,1-2H3,(H,27,28)/t16-,19+/m0/s1. The fourth-order valence-electron chi connectivity index (χ4n) is 4.85. The number of likely N-dealkylation sites (tertiary alicyclic amines) is 1. The van der Waals surface area contributed by atoms with E-state index in [1.54, 1.807) is 6.20 Å². The Hall–Kier alpha value is -2.51. The lowest BCUT2D eigenvalue weighted by molar-refractivity contribution is -0.139. The number of carbonyl (C=O) groups is 1. The average Bonchev–Trinajstić information content (AvgIpc) is 2.66. The van der Waals surface area contributed by atoms with Crippen LogP contribution in [0, 0.1) is 12.8 Å². The van der Waals surface area contributed by atoms with E-state index in [1.165, 1.54) is 5.56 Å². The first-order valence-electron chi connectivity index (χ1n) is 10.2. The van der Waals surface area contributed by atoms with Crippen LogP contribution in [0.2, 0.25) is 0 Å². The summed E-state index contributed by atoms with van der Waals surface area (Å²) in [6.45, 7) is 5.64. The van der Waals surface area contributed by atoms with Gasteiger partial charge in [0.05, 0.1) is 6.54 Å². The van der Waals surface area contributed by atoms with Gasteiger partial charge in [-0.2, -0.15) is 0 Å². The molecule has 0 aromatic carbocycles. The molecule has 0 aliphatic carbocycles. The van der Waals surface area contributed by atoms with Gasteiger partial charge in [0.15, 0.2) is 0 Å². The molecule has 0 radical (unpaired) electrons. The third kappa shape index (κ3) is 4.26. The molecule has 0 spiro atoms. The second kappa shape index (κ2) is 8.08. The Balaban J connectivity index is 1.51. The van der Waals surface area contributed by atoms with Crippen LogP contribution in [0.4, 0.5) is 0 Å². The van der Waals surface area contributed by atoms with Crippen molar-refractivity contribution in [1.29, 1.82) is 0 Å². The molecule has 7 heteroatoms. The molecule has 2 aromatic heterocycles. The van der Waals surface area contributed by atoms with E-state index in [4.69, 9.17) is 5.11 Å². The van der Waals surface area contributed by atoms with Crippen LogP contribution >= 0.6 is 0 Å². The Labute approximate surface area is 170 Å². The number of carboxylic acid groups (broad SMARTS) is 1. The lowest BCUT2D eigenvalue weighted by atomic mass is 9.83. The van der Waals surface area contributed by atoms with Crippen molar-refractivity contribution >= 4 is 5.97 Å². The third-order valence-electron chi connectivity index (χ3n) is 6.13. The van der Waals surface area contributed by atoms with Crippen LogP contribution < -0.4 is 5.56 Å². The minimum atomic E-state index is -0.787. The molecule has 0 saturated carbocycles. The highest BCUT2D eigenvalue weighted by Gasteiger charge is 2.35. The molecule has 4 heterocycles. The van der Waals surface area contributed by atoms with Crippen molar-refractivity contribution in [3.63, 3.8) is 0 Å². The van der Waals surface area contributed by atoms with Gasteiger partial charge in [0.1, 0.15) is 0 Å². The van der Waals surface area contributed by atoms with Crippen molar-refractivity contribution in [3.05, 3.63) is 63.3 Å². The summed E-state index contributed by atoms with van der Waals surface area (Å²) in [7, 11) is 2.03. The molecule has 0 amide bonds. The van der Waals surface area contributed by atoms with Crippen LogP contribution in [-0.2, 0) is 24.4 Å². The van der Waals surface area contributed by atoms with Crippen molar-refractivity contribution < 1.29 is 9.90 Å². The molecule has 2 atom stereocenters. The van der Waals surface area contributed by atoms with E-state index >= 15 is 0 Å². The molecule has 1 saturated heterocycles. The van der Waals surface area contributed by atoms with Crippen LogP contribution in [0.3, 0.4) is 0 Å². The number of piperidine rings is 1. The quantitative estimate of drug-likeness (QED) is 0.801. The number of fused-ring (bicyclic) bond motifs is 4. The molecule has 7 nitrogen and oxygen atoms in total. The summed E-state index contributed by atoms with van der Waals surface area (Å²) in [6.07, 6.45) is 4.70. The van der Waals surface area contributed by atoms with Crippen LogP contribution in [0.1, 0.15) is 34.7 Å². The first kappa shape index (κ1) is 19.8. The van der Waals surface area contributed by atoms with Gasteiger partial charge >= 0.3 is 5.97 Å². The lowest BCUT2D eigenvalue weighted by Crippen LogP contribution is -2.48. The molecule has 2 aliphatic rings. The van der Waals surface area contributed by atoms with Crippen molar-refractivity contribution in [3.8, 4) is 0 Å². The Morgan fingerprint density at radius 2 is 2.00 bits per heavy atom. The van der Waals surface area contributed by atoms with E-state index in [2.05, 4.69) is 22.9 Å². The molecule has 2 bridgehead atoms. The summed E-state index contributed by atoms with van der Waals surface area (Å²) < 4.78 is 1.94. The maximum Gasteiger partial charge on any atom is 0.317 e. The van der Waals surface area contributed by atoms with Gasteiger partial charge in [0, 0.05) is 62.3 Å². The number of rotatable bonds is 6. The lowest BCUT2D eigenvalue weighted by Gasteiger charge is -2.42. The molecule has 0 unspecified atom stereocenters. The van der Waals surface area contributed by atoms with Gasteiger partial charge in [0.25, 0.3) is 5.56 Å². The Bertz CT molecular complexity index is 971. The van der Waals surface area contributed by atoms with E-state index in [-0.39, 0.29) is 18.0 Å². The molecule has 154 valence electrons. The molecular formula is C22H28N4O3. The normalized spacial score (nSPS) is 21.2. The molecule has 2 aromatic rings. The zero-order valence-corrected chi connectivity index (χ0v) is 17.0. The van der Waals surface area contributed by atoms with Crippen LogP contribution in [0.5, 0.6) is 0 Å². The van der Waals surface area contributed by atoms with Crippen molar-refractivity contribution in [2.75, 3.05) is 26.7 Å². The minimum Gasteiger partial charge on any atom is -0.480 e. The second-order valence-electron chi connectivity index (χ2n) is 8.56. The number of hydrogen-bond acceptors (Lipinski definition) is 5. The van der Waals surface area contributed by atoms with Gasteiger partial charge in [-0.1, -0.05) is 6.07 Å². The number of nitrogens with zero attached hydrogens (tertiary/aromatic N) is 4. The number of aromatic nitrogens is 2. The third-order valence-corrected chi connectivity index (χ3v) is 6.13. The minimum absolute atomic E-state index is 0.0779. The Morgan fingerprint density at radius 3 is 2.76 bits per heavy atom. The molecule has 2 aliphatic heterocycles. The first-order valence-corrected chi connectivity index (χ1v) is 10.2. The maximum absolute atomic E-state index is 13.2. The van der Waals surface area contributed by atoms with Crippen LogP contribution in [0.15, 0.2) is 35.4 Å². The van der Waals surface area contributed by atoms with Gasteiger partial charge in [-0.05, 0) is 49.6 Å². The van der Waals surface area contributed by atoms with Gasteiger partial charge < -0.3 is 9.67 Å². The number of pyridine rings is 2. The molecular weight excluding hydrogens is 368 g/mol. The number of hydrogen-bond donors (Lipinski definition) is 1. The fourth-order valence-corrected chi connectivity index (χ4v) is 4.85. The van der Waals surface area contributed by atoms with E-state index in [1.807, 2.05) is 34.8 Å². The van der Waals surface area contributed by atoms with Gasteiger partial charge in [0.2, 0.25) is 0 Å². The summed E-state index contributed by atoms with van der Waals surface area (Å²) in [6, 6.07) is 6.06. The fraction of sp³-hybridized carbons (Fsp3) is 0.500. The molecule has 4 rings (SSSR count). The zero-order valence-electron chi connectivity index (χ0n) is 17.0. The largest absolute Gasteiger partial charge is 0.480 e. The van der Waals surface area contributed by atoms with Crippen molar-refractivity contribution in [2.24, 2.45) is 5.92 Å². The number of aryl methyl sites for hydroxylation is 1. The van der Waals surface area contributed by atoms with E-state index in [9.17, 15) is 9.59 Å². The highest BCUT2D eigenvalue weighted by molar-refractivity contribution is 5.69. The average molecular weight is 396 g/mol. The number of aliphatic carboxylic acids is 1. The predicted molar refractivity (Wildman–Crippen MR) is 110 cm³/mol. The van der Waals surface area contributed by atoms with E-state index in [0.29, 0.717) is 25.6 Å². The van der Waals surface area contributed by atoms with Gasteiger partial charge in [-0.15, -0.1) is 0 Å². The topological polar surface area (TPSA) is 78.7 Å². The van der Waals surface area contributed by atoms with Gasteiger partial charge in [-0.25, -0.2) is 0 Å². The maximum atomic E-state index is 13.2. The Kier molecular flexibility index (Phi) is 5.52. The highest BCUT2D eigenvalue weighted by atomic mass is 16.4. The molecule has 1 N–H and O–H groups in total. The highest BCUT2D eigenvalue weighted by Crippen LogP contribution is 2.35. The predicted octanol–water partition coefficient (Wildman–Crippen LogP) is 1.69. The number of carboxylic acids is 1. The smallest absolute Gasteiger partial charge is 0.317 e. The van der Waals surface area contributed by atoms with Gasteiger partial charge in [-0.3, -0.25) is 24.4 Å². The molecule has 1 fully saturated rings. The van der Waals surface area contributed by atoms with E-state index in [0.717, 1.165) is 36.3 Å². The first-order chi connectivity index (χ1) is 13.9. The summed E-state index contributed by atoms with van der Waals surface area (Å²) in [4.78, 5) is 32.6. The Morgan fingerprint density at radius 1 is 1.21 bits per heavy atom. The second-order valence-corrected chi connectivity index (χ2v) is 8.56. The van der Waals surface area contributed by atoms with Crippen LogP contribution in [0.25, 0.3) is 0 Å².